The Labute approximate surface area is 428 Å². The molecular formula is C52H61Cl2N7O11. The molecular weight excluding hydrogens is 970 g/mol. The van der Waals surface area contributed by atoms with E-state index >= 15 is 0 Å². The minimum absolute atomic E-state index is 0.0365. The summed E-state index contributed by atoms with van der Waals surface area (Å²) in [6.45, 7) is 15.4. The number of nitro groups is 1. The molecule has 2 aliphatic carbocycles. The van der Waals surface area contributed by atoms with Crippen molar-refractivity contribution in [1.82, 2.24) is 29.8 Å². The van der Waals surface area contributed by atoms with E-state index in [2.05, 4.69) is 15.5 Å². The lowest BCUT2D eigenvalue weighted by molar-refractivity contribution is -0.384. The van der Waals surface area contributed by atoms with Crippen molar-refractivity contribution in [3.05, 3.63) is 140 Å². The fourth-order valence-corrected chi connectivity index (χ4v) is 9.47. The molecule has 2 aliphatic heterocycles. The van der Waals surface area contributed by atoms with Crippen LogP contribution < -0.4 is 10.1 Å². The summed E-state index contributed by atoms with van der Waals surface area (Å²) in [5.41, 5.74) is 0.784. The number of nitrogens with zero attached hydrogens (tertiary/aromatic N) is 6. The second-order valence-electron chi connectivity index (χ2n) is 20.3. The van der Waals surface area contributed by atoms with Crippen molar-refractivity contribution in [3.8, 4) is 5.75 Å². The van der Waals surface area contributed by atoms with Crippen molar-refractivity contribution in [2.75, 3.05) is 26.2 Å². The van der Waals surface area contributed by atoms with Gasteiger partial charge in [0.25, 0.3) is 5.69 Å². The Hall–Kier alpha value is -6.18. The fourth-order valence-electron chi connectivity index (χ4n) is 9.09. The lowest BCUT2D eigenvalue weighted by Crippen LogP contribution is -2.34. The van der Waals surface area contributed by atoms with Gasteiger partial charge in [-0.3, -0.25) is 10.1 Å². The maximum atomic E-state index is 12.9. The molecule has 2 aromatic heterocycles. The molecule has 0 spiro atoms. The molecule has 3 aromatic carbocycles. The molecule has 2 saturated heterocycles. The quantitative estimate of drug-likeness (QED) is 0.0785. The highest BCUT2D eigenvalue weighted by atomic mass is 35.5. The number of non-ortho nitro benzene ring substituents is 1. The van der Waals surface area contributed by atoms with Gasteiger partial charge in [-0.25, -0.2) is 19.2 Å². The number of fused-ring (bicyclic) bond motifs is 2. The van der Waals surface area contributed by atoms with E-state index < -0.39 is 34.2 Å². The van der Waals surface area contributed by atoms with Gasteiger partial charge in [-0.2, -0.15) is 19.6 Å². The van der Waals surface area contributed by atoms with Gasteiger partial charge in [0, 0.05) is 47.7 Å². The van der Waals surface area contributed by atoms with E-state index in [4.69, 9.17) is 46.9 Å². The number of rotatable bonds is 10. The smallest absolute Gasteiger partial charge is 0.440 e. The first-order chi connectivity index (χ1) is 34.2. The number of hydrogen-bond donors (Lipinski definition) is 1. The number of nitrogens with one attached hydrogen (secondary N) is 1. The Kier molecular flexibility index (Phi) is 17.6. The van der Waals surface area contributed by atoms with E-state index in [1.807, 2.05) is 53.4 Å². The first kappa shape index (κ1) is 53.6. The van der Waals surface area contributed by atoms with Crippen LogP contribution in [0.4, 0.5) is 15.3 Å². The van der Waals surface area contributed by atoms with Crippen molar-refractivity contribution in [3.63, 3.8) is 0 Å². The molecule has 72 heavy (non-hydrogen) atoms. The lowest BCUT2D eigenvalue weighted by Gasteiger charge is -2.20. The van der Waals surface area contributed by atoms with Crippen LogP contribution >= 0.6 is 23.2 Å². The number of carbonyl (C=O) groups excluding carboxylic acids is 4. The van der Waals surface area contributed by atoms with Crippen LogP contribution in [0.2, 0.25) is 10.0 Å². The molecule has 5 aromatic rings. The molecule has 384 valence electrons. The van der Waals surface area contributed by atoms with E-state index in [0.29, 0.717) is 44.2 Å². The van der Waals surface area contributed by atoms with Gasteiger partial charge in [0.2, 0.25) is 0 Å². The number of carbonyl (C=O) groups is 4. The second kappa shape index (κ2) is 23.6. The van der Waals surface area contributed by atoms with Crippen LogP contribution in [0.15, 0.2) is 97.3 Å². The molecule has 2 saturated carbocycles. The molecule has 18 nitrogen and oxygen atoms in total. The summed E-state index contributed by atoms with van der Waals surface area (Å²) in [6.07, 6.45) is 6.82. The predicted octanol–water partition coefficient (Wildman–Crippen LogP) is 10.0. The molecule has 2 unspecified atom stereocenters. The fraction of sp³-hybridized carbons (Fsp3) is 0.462. The van der Waals surface area contributed by atoms with E-state index in [1.165, 1.54) is 79.4 Å². The Morgan fingerprint density at radius 1 is 0.653 bits per heavy atom. The highest BCUT2D eigenvalue weighted by molar-refractivity contribution is 6.31. The number of nitro benzene ring substituents is 1. The highest BCUT2D eigenvalue weighted by Crippen LogP contribution is 2.40. The first-order valence-corrected chi connectivity index (χ1v) is 24.7. The third-order valence-electron chi connectivity index (χ3n) is 12.5. The van der Waals surface area contributed by atoms with E-state index in [1.54, 1.807) is 41.5 Å². The van der Waals surface area contributed by atoms with Crippen LogP contribution in [0.5, 0.6) is 5.75 Å². The lowest BCUT2D eigenvalue weighted by atomic mass is 10.0. The number of hydrogen-bond acceptors (Lipinski definition) is 14. The average Bonchev–Trinajstić information content (AvgIpc) is 4.18. The molecule has 6 atom stereocenters. The van der Waals surface area contributed by atoms with E-state index in [-0.39, 0.29) is 35.0 Å². The maximum absolute atomic E-state index is 12.9. The third kappa shape index (κ3) is 14.9. The molecule has 0 bridgehead atoms. The van der Waals surface area contributed by atoms with Crippen molar-refractivity contribution < 1.29 is 47.8 Å². The topological polar surface area (TPSA) is 208 Å². The summed E-state index contributed by atoms with van der Waals surface area (Å²) in [5.74, 6) is 1.43. The molecule has 1 N–H and O–H groups in total. The van der Waals surface area contributed by atoms with E-state index in [9.17, 15) is 29.3 Å². The van der Waals surface area contributed by atoms with Crippen LogP contribution in [0.1, 0.15) is 99.3 Å². The minimum Gasteiger partial charge on any atom is -0.455 e. The Morgan fingerprint density at radius 3 is 1.56 bits per heavy atom. The summed E-state index contributed by atoms with van der Waals surface area (Å²) in [4.78, 5) is 60.6. The zero-order valence-corrected chi connectivity index (χ0v) is 42.7. The number of amides is 1. The summed E-state index contributed by atoms with van der Waals surface area (Å²) in [6, 6.07) is 23.3. The molecule has 1 amide bonds. The van der Waals surface area contributed by atoms with Gasteiger partial charge >= 0.3 is 24.1 Å². The number of likely N-dealkylation sites (tertiary alicyclic amines) is 1. The third-order valence-corrected chi connectivity index (χ3v) is 13.2. The zero-order chi connectivity index (χ0) is 51.7. The number of aromatic nitrogens is 4. The predicted molar refractivity (Wildman–Crippen MR) is 267 cm³/mol. The average molecular weight is 1030 g/mol. The van der Waals surface area contributed by atoms with Crippen LogP contribution in [-0.2, 0) is 32.2 Å². The maximum Gasteiger partial charge on any atom is 0.440 e. The van der Waals surface area contributed by atoms with Crippen LogP contribution in [0.25, 0.3) is 0 Å². The SMILES string of the molecule is CC(C)(C)OC(=O)c1ccn(C(=O)N2C[C@H]3CC(OCc4ccccc4Cl)C[C@H]3C2)n1.CC(C)(C)OC(=O)c1ccn(C(=O)Oc2ccc([N+](=O)[O-])cc2)n1.Clc1ccccc1COC1C[C@H]2CNC[C@H]2C1. The summed E-state index contributed by atoms with van der Waals surface area (Å²) in [7, 11) is 0. The van der Waals surface area contributed by atoms with Crippen molar-refractivity contribution in [2.45, 2.75) is 104 Å². The molecule has 4 fully saturated rings. The van der Waals surface area contributed by atoms with Gasteiger partial charge in [-0.05, 0) is 152 Å². The summed E-state index contributed by atoms with van der Waals surface area (Å²) >= 11 is 12.3. The number of esters is 2. The number of benzene rings is 3. The van der Waals surface area contributed by atoms with Gasteiger partial charge in [0.15, 0.2) is 11.4 Å². The van der Waals surface area contributed by atoms with Gasteiger partial charge in [-0.1, -0.05) is 59.6 Å². The van der Waals surface area contributed by atoms with Gasteiger partial charge in [0.05, 0.1) is 30.3 Å². The number of ether oxygens (including phenoxy) is 5. The van der Waals surface area contributed by atoms with Crippen molar-refractivity contribution >= 4 is 53.0 Å². The van der Waals surface area contributed by atoms with Gasteiger partial charge in [-0.15, -0.1) is 0 Å². The molecule has 4 aliphatic rings. The molecule has 0 radical (unpaired) electrons. The zero-order valence-electron chi connectivity index (χ0n) is 41.2. The molecule has 20 heteroatoms. The van der Waals surface area contributed by atoms with Crippen molar-refractivity contribution in [1.29, 1.82) is 0 Å². The van der Waals surface area contributed by atoms with Crippen LogP contribution in [0, 0.1) is 33.8 Å². The Balaban J connectivity index is 0.000000165. The molecule has 4 heterocycles. The summed E-state index contributed by atoms with van der Waals surface area (Å²) < 4.78 is 29.6. The Bertz CT molecular complexity index is 2670. The minimum atomic E-state index is -0.862. The second-order valence-corrected chi connectivity index (χ2v) is 21.1. The summed E-state index contributed by atoms with van der Waals surface area (Å²) in [5, 5.41) is 23.5. The van der Waals surface area contributed by atoms with Crippen molar-refractivity contribution in [2.24, 2.45) is 23.7 Å². The van der Waals surface area contributed by atoms with Gasteiger partial charge < -0.3 is 33.9 Å². The van der Waals surface area contributed by atoms with Crippen LogP contribution in [0.3, 0.4) is 0 Å². The number of halogens is 2. The normalized spacial score (nSPS) is 21.1. The van der Waals surface area contributed by atoms with E-state index in [0.717, 1.165) is 50.5 Å². The first-order valence-electron chi connectivity index (χ1n) is 23.9. The highest BCUT2D eigenvalue weighted by Gasteiger charge is 2.43. The standard InChI is InChI=1S/C23H28ClN3O4.C15H15N3O6.C14H18ClNO/c1-23(2,3)31-21(28)20-8-9-27(25-20)22(29)26-12-16-10-18(11-17(16)13-26)30-14-15-6-4-5-7-19(15)24;1-15(2,3)24-13(19)12-8-9-17(16-12)14(20)23-11-6-4-10(5-7-11)18(21)22;15-14-4-2-1-3-10(14)9-17-13-5-11-7-16-8-12(11)6-13/h4-9,16-18H,10-14H2,1-3H3;4-9H,1-3H3;1-4,11-13,16H,5-9H2/t16-,17+,18?;;11-,12+,13?. The molecule has 9 rings (SSSR count). The van der Waals surface area contributed by atoms with Crippen LogP contribution in [-0.4, -0.2) is 103 Å². The largest absolute Gasteiger partial charge is 0.455 e. The Morgan fingerprint density at radius 2 is 1.10 bits per heavy atom. The monoisotopic (exact) mass is 1030 g/mol. The van der Waals surface area contributed by atoms with Gasteiger partial charge in [0.1, 0.15) is 17.0 Å².